The predicted molar refractivity (Wildman–Crippen MR) is 65.3 cm³/mol. The molecule has 1 aromatic rings. The average Bonchev–Trinajstić information content (AvgIpc) is 2.27. The van der Waals surface area contributed by atoms with Gasteiger partial charge >= 0.3 is 0 Å². The molecular weight excluding hydrogens is 198 g/mol. The summed E-state index contributed by atoms with van der Waals surface area (Å²) in [6.45, 7) is 3.75. The van der Waals surface area contributed by atoms with Crippen molar-refractivity contribution in [1.29, 1.82) is 0 Å². The molecule has 1 aliphatic carbocycles. The third kappa shape index (κ3) is 1.97. The van der Waals surface area contributed by atoms with E-state index in [4.69, 9.17) is 0 Å². The molecule has 1 amide bonds. The molecule has 1 aliphatic rings. The van der Waals surface area contributed by atoms with Gasteiger partial charge < -0.3 is 4.90 Å². The summed E-state index contributed by atoms with van der Waals surface area (Å²) in [5, 5.41) is 0. The van der Waals surface area contributed by atoms with Gasteiger partial charge in [-0.25, -0.2) is 0 Å². The van der Waals surface area contributed by atoms with E-state index in [2.05, 4.69) is 25.1 Å². The first-order valence-electron chi connectivity index (χ1n) is 5.92. The van der Waals surface area contributed by atoms with Crippen LogP contribution in [0.4, 0.5) is 0 Å². The lowest BCUT2D eigenvalue weighted by Crippen LogP contribution is -2.31. The highest BCUT2D eigenvalue weighted by Gasteiger charge is 2.24. The summed E-state index contributed by atoms with van der Waals surface area (Å²) in [5.41, 5.74) is 4.04. The van der Waals surface area contributed by atoms with Gasteiger partial charge in [-0.2, -0.15) is 0 Å². The zero-order valence-corrected chi connectivity index (χ0v) is 10.3. The lowest BCUT2D eigenvalue weighted by Gasteiger charge is -2.33. The number of rotatable bonds is 1. The molecule has 0 bridgehead atoms. The lowest BCUT2D eigenvalue weighted by atomic mass is 9.86. The molecule has 0 aliphatic heterocycles. The molecular formula is C14H19NO. The molecule has 16 heavy (non-hydrogen) atoms. The van der Waals surface area contributed by atoms with Crippen LogP contribution < -0.4 is 0 Å². The van der Waals surface area contributed by atoms with Crippen molar-refractivity contribution in [3.8, 4) is 0 Å². The van der Waals surface area contributed by atoms with Crippen LogP contribution in [0.15, 0.2) is 18.2 Å². The number of fused-ring (bicyclic) bond motifs is 1. The van der Waals surface area contributed by atoms with Gasteiger partial charge in [-0.3, -0.25) is 4.79 Å². The topological polar surface area (TPSA) is 20.3 Å². The van der Waals surface area contributed by atoms with Crippen molar-refractivity contribution in [2.45, 2.75) is 39.2 Å². The van der Waals surface area contributed by atoms with Crippen LogP contribution in [0.5, 0.6) is 0 Å². The third-order valence-electron chi connectivity index (χ3n) is 3.55. The SMILES string of the molecule is CC(=O)N(C)[C@H]1CCCc2ccc(C)cc21. The number of amides is 1. The van der Waals surface area contributed by atoms with E-state index >= 15 is 0 Å². The molecule has 1 aromatic carbocycles. The fourth-order valence-electron chi connectivity index (χ4n) is 2.52. The number of carbonyl (C=O) groups is 1. The van der Waals surface area contributed by atoms with E-state index in [0.29, 0.717) is 0 Å². The first-order chi connectivity index (χ1) is 7.59. The highest BCUT2D eigenvalue weighted by Crippen LogP contribution is 2.34. The Balaban J connectivity index is 2.38. The molecule has 0 unspecified atom stereocenters. The predicted octanol–water partition coefficient (Wildman–Crippen LogP) is 2.85. The summed E-state index contributed by atoms with van der Waals surface area (Å²) < 4.78 is 0. The second kappa shape index (κ2) is 4.28. The van der Waals surface area contributed by atoms with Crippen LogP contribution in [0.1, 0.15) is 42.5 Å². The lowest BCUT2D eigenvalue weighted by molar-refractivity contribution is -0.130. The maximum absolute atomic E-state index is 11.5. The molecule has 0 heterocycles. The van der Waals surface area contributed by atoms with Gasteiger partial charge in [0.1, 0.15) is 0 Å². The van der Waals surface area contributed by atoms with Crippen LogP contribution in [-0.4, -0.2) is 17.9 Å². The normalized spacial score (nSPS) is 19.1. The van der Waals surface area contributed by atoms with Gasteiger partial charge in [-0.15, -0.1) is 0 Å². The number of aryl methyl sites for hydroxylation is 2. The van der Waals surface area contributed by atoms with Gasteiger partial charge in [0.05, 0.1) is 6.04 Å². The Morgan fingerprint density at radius 2 is 2.19 bits per heavy atom. The molecule has 0 saturated heterocycles. The number of nitrogens with zero attached hydrogens (tertiary/aromatic N) is 1. The molecule has 0 aromatic heterocycles. The van der Waals surface area contributed by atoms with Crippen LogP contribution in [-0.2, 0) is 11.2 Å². The Bertz CT molecular complexity index is 411. The van der Waals surface area contributed by atoms with Crippen LogP contribution >= 0.6 is 0 Å². The van der Waals surface area contributed by atoms with Gasteiger partial charge in [-0.1, -0.05) is 23.8 Å². The van der Waals surface area contributed by atoms with Crippen molar-refractivity contribution >= 4 is 5.91 Å². The molecule has 1 atom stereocenters. The van der Waals surface area contributed by atoms with E-state index in [9.17, 15) is 4.79 Å². The van der Waals surface area contributed by atoms with E-state index in [1.807, 2.05) is 11.9 Å². The molecule has 0 radical (unpaired) electrons. The molecule has 0 saturated carbocycles. The Morgan fingerprint density at radius 3 is 2.88 bits per heavy atom. The summed E-state index contributed by atoms with van der Waals surface area (Å²) in [5.74, 6) is 0.152. The summed E-state index contributed by atoms with van der Waals surface area (Å²) in [4.78, 5) is 13.3. The number of hydrogen-bond acceptors (Lipinski definition) is 1. The number of carbonyl (C=O) groups excluding carboxylic acids is 1. The number of benzene rings is 1. The van der Waals surface area contributed by atoms with Crippen LogP contribution in [0.25, 0.3) is 0 Å². The fourth-order valence-corrected chi connectivity index (χ4v) is 2.52. The maximum atomic E-state index is 11.5. The van der Waals surface area contributed by atoms with Gasteiger partial charge in [-0.05, 0) is 37.3 Å². The third-order valence-corrected chi connectivity index (χ3v) is 3.55. The van der Waals surface area contributed by atoms with Crippen molar-refractivity contribution in [3.63, 3.8) is 0 Å². The minimum absolute atomic E-state index is 0.152. The highest BCUT2D eigenvalue weighted by atomic mass is 16.2. The second-order valence-corrected chi connectivity index (χ2v) is 4.74. The first-order valence-corrected chi connectivity index (χ1v) is 5.92. The maximum Gasteiger partial charge on any atom is 0.219 e. The summed E-state index contributed by atoms with van der Waals surface area (Å²) >= 11 is 0. The molecule has 2 heteroatoms. The molecule has 0 fully saturated rings. The van der Waals surface area contributed by atoms with Crippen molar-refractivity contribution in [3.05, 3.63) is 34.9 Å². The summed E-state index contributed by atoms with van der Waals surface area (Å²) in [7, 11) is 1.91. The van der Waals surface area contributed by atoms with Crippen LogP contribution in [0.3, 0.4) is 0 Å². The van der Waals surface area contributed by atoms with Gasteiger partial charge in [0.2, 0.25) is 5.91 Å². The summed E-state index contributed by atoms with van der Waals surface area (Å²) in [6.07, 6.45) is 3.42. The van der Waals surface area contributed by atoms with Crippen LogP contribution in [0, 0.1) is 6.92 Å². The van der Waals surface area contributed by atoms with Crippen molar-refractivity contribution < 1.29 is 4.79 Å². The van der Waals surface area contributed by atoms with E-state index in [-0.39, 0.29) is 11.9 Å². The molecule has 2 nitrogen and oxygen atoms in total. The second-order valence-electron chi connectivity index (χ2n) is 4.74. The molecule has 2 rings (SSSR count). The minimum Gasteiger partial charge on any atom is -0.339 e. The quantitative estimate of drug-likeness (QED) is 0.708. The van der Waals surface area contributed by atoms with E-state index in [1.54, 1.807) is 6.92 Å². The molecule has 86 valence electrons. The van der Waals surface area contributed by atoms with Gasteiger partial charge in [0.25, 0.3) is 0 Å². The van der Waals surface area contributed by atoms with Crippen molar-refractivity contribution in [2.24, 2.45) is 0 Å². The summed E-state index contributed by atoms with van der Waals surface area (Å²) in [6, 6.07) is 6.89. The van der Waals surface area contributed by atoms with E-state index in [1.165, 1.54) is 23.1 Å². The largest absolute Gasteiger partial charge is 0.339 e. The van der Waals surface area contributed by atoms with E-state index < -0.39 is 0 Å². The van der Waals surface area contributed by atoms with Gasteiger partial charge in [0.15, 0.2) is 0 Å². The number of hydrogen-bond donors (Lipinski definition) is 0. The minimum atomic E-state index is 0.152. The smallest absolute Gasteiger partial charge is 0.219 e. The first kappa shape index (κ1) is 11.2. The van der Waals surface area contributed by atoms with Crippen molar-refractivity contribution in [2.75, 3.05) is 7.05 Å². The van der Waals surface area contributed by atoms with Gasteiger partial charge in [0, 0.05) is 14.0 Å². The highest BCUT2D eigenvalue weighted by molar-refractivity contribution is 5.73. The monoisotopic (exact) mass is 217 g/mol. The zero-order chi connectivity index (χ0) is 11.7. The Kier molecular flexibility index (Phi) is 2.99. The van der Waals surface area contributed by atoms with Crippen molar-refractivity contribution in [1.82, 2.24) is 4.90 Å². The molecule has 0 N–H and O–H groups in total. The van der Waals surface area contributed by atoms with E-state index in [0.717, 1.165) is 12.8 Å². The van der Waals surface area contributed by atoms with Crippen LogP contribution in [0.2, 0.25) is 0 Å². The standard InChI is InChI=1S/C14H19NO/c1-10-7-8-12-5-4-6-14(13(12)9-10)15(3)11(2)16/h7-9,14H,4-6H2,1-3H3/t14-/m0/s1. The fraction of sp³-hybridized carbons (Fsp3) is 0.500. The average molecular weight is 217 g/mol. The Hall–Kier alpha value is -1.31. The Labute approximate surface area is 97.3 Å². The Morgan fingerprint density at radius 1 is 1.44 bits per heavy atom. The zero-order valence-electron chi connectivity index (χ0n) is 10.3. The molecule has 0 spiro atoms.